The summed E-state index contributed by atoms with van der Waals surface area (Å²) in [6.45, 7) is 3.32. The summed E-state index contributed by atoms with van der Waals surface area (Å²) < 4.78 is 11.2. The Morgan fingerprint density at radius 1 is 1.30 bits per heavy atom. The third-order valence-electron chi connectivity index (χ3n) is 3.93. The van der Waals surface area contributed by atoms with E-state index in [1.165, 1.54) is 4.88 Å². The van der Waals surface area contributed by atoms with Crippen molar-refractivity contribution in [3.63, 3.8) is 0 Å². The lowest BCUT2D eigenvalue weighted by Crippen LogP contribution is -2.34. The molecule has 3 rings (SSSR count). The van der Waals surface area contributed by atoms with E-state index in [4.69, 9.17) is 9.47 Å². The standard InChI is InChI=1S/C17H20N2O3S/c1-12(15-7-4-10-23-15)19(2)16(20)11-18-13-5-3-6-14-17(13)22-9-8-21-14/h3-7,10,12,18H,8-9,11H2,1-2H3/t12-/m1/s1. The molecule has 0 bridgehead atoms. The number of nitrogens with zero attached hydrogens (tertiary/aromatic N) is 1. The zero-order valence-electron chi connectivity index (χ0n) is 13.2. The Bertz CT molecular complexity index is 672. The number of benzene rings is 1. The Kier molecular flexibility index (Phi) is 4.71. The van der Waals surface area contributed by atoms with Gasteiger partial charge in [0.1, 0.15) is 13.2 Å². The summed E-state index contributed by atoms with van der Waals surface area (Å²) in [5, 5.41) is 5.18. The molecule has 2 aromatic rings. The Hall–Kier alpha value is -2.21. The quantitative estimate of drug-likeness (QED) is 0.914. The Balaban J connectivity index is 1.63. The van der Waals surface area contributed by atoms with Gasteiger partial charge in [-0.2, -0.15) is 0 Å². The van der Waals surface area contributed by atoms with Crippen molar-refractivity contribution >= 4 is 22.9 Å². The molecule has 0 saturated heterocycles. The van der Waals surface area contributed by atoms with E-state index in [0.717, 1.165) is 5.69 Å². The number of fused-ring (bicyclic) bond motifs is 1. The van der Waals surface area contributed by atoms with Gasteiger partial charge in [-0.25, -0.2) is 0 Å². The average Bonchev–Trinajstić information content (AvgIpc) is 3.12. The predicted molar refractivity (Wildman–Crippen MR) is 91.4 cm³/mol. The van der Waals surface area contributed by atoms with Gasteiger partial charge in [0, 0.05) is 11.9 Å². The van der Waals surface area contributed by atoms with Gasteiger partial charge in [-0.15, -0.1) is 11.3 Å². The smallest absolute Gasteiger partial charge is 0.242 e. The first-order chi connectivity index (χ1) is 11.2. The molecule has 23 heavy (non-hydrogen) atoms. The molecule has 1 aliphatic heterocycles. The Labute approximate surface area is 139 Å². The zero-order chi connectivity index (χ0) is 16.2. The Morgan fingerprint density at radius 3 is 2.91 bits per heavy atom. The highest BCUT2D eigenvalue weighted by Gasteiger charge is 2.20. The van der Waals surface area contributed by atoms with Crippen LogP contribution >= 0.6 is 11.3 Å². The number of thiophene rings is 1. The lowest BCUT2D eigenvalue weighted by atomic mass is 10.2. The van der Waals surface area contributed by atoms with E-state index in [2.05, 4.69) is 5.32 Å². The van der Waals surface area contributed by atoms with Crippen molar-refractivity contribution in [1.82, 2.24) is 4.90 Å². The largest absolute Gasteiger partial charge is 0.486 e. The number of rotatable bonds is 5. The first kappa shape index (κ1) is 15.7. The van der Waals surface area contributed by atoms with Crippen LogP contribution in [0.5, 0.6) is 11.5 Å². The number of carbonyl (C=O) groups is 1. The minimum Gasteiger partial charge on any atom is -0.486 e. The zero-order valence-corrected chi connectivity index (χ0v) is 14.1. The minimum atomic E-state index is 0.0280. The molecule has 1 aromatic carbocycles. The van der Waals surface area contributed by atoms with Gasteiger partial charge in [0.05, 0.1) is 18.3 Å². The number of para-hydroxylation sites is 1. The van der Waals surface area contributed by atoms with Gasteiger partial charge in [-0.1, -0.05) is 12.1 Å². The fourth-order valence-corrected chi connectivity index (χ4v) is 3.27. The van der Waals surface area contributed by atoms with Gasteiger partial charge in [0.15, 0.2) is 11.5 Å². The number of hydrogen-bond acceptors (Lipinski definition) is 5. The van der Waals surface area contributed by atoms with Crippen molar-refractivity contribution in [2.45, 2.75) is 13.0 Å². The lowest BCUT2D eigenvalue weighted by Gasteiger charge is -2.25. The first-order valence-corrected chi connectivity index (χ1v) is 8.46. The molecule has 0 aliphatic carbocycles. The van der Waals surface area contributed by atoms with Crippen LogP contribution in [0.25, 0.3) is 0 Å². The third-order valence-corrected chi connectivity index (χ3v) is 4.97. The van der Waals surface area contributed by atoms with Crippen LogP contribution in [0.4, 0.5) is 5.69 Å². The van der Waals surface area contributed by atoms with Crippen molar-refractivity contribution in [2.24, 2.45) is 0 Å². The third kappa shape index (κ3) is 3.42. The number of nitrogens with one attached hydrogen (secondary N) is 1. The normalized spacial score (nSPS) is 14.2. The highest BCUT2D eigenvalue weighted by Crippen LogP contribution is 2.37. The van der Waals surface area contributed by atoms with Crippen LogP contribution in [0.1, 0.15) is 17.8 Å². The predicted octanol–water partition coefficient (Wildman–Crippen LogP) is 3.15. The molecule has 1 aromatic heterocycles. The number of carbonyl (C=O) groups excluding carboxylic acids is 1. The Morgan fingerprint density at radius 2 is 2.13 bits per heavy atom. The molecule has 1 N–H and O–H groups in total. The van der Waals surface area contributed by atoms with Gasteiger partial charge in [0.2, 0.25) is 5.91 Å². The van der Waals surface area contributed by atoms with Gasteiger partial charge < -0.3 is 19.7 Å². The van der Waals surface area contributed by atoms with Crippen molar-refractivity contribution in [1.29, 1.82) is 0 Å². The van der Waals surface area contributed by atoms with Crippen LogP contribution in [0.2, 0.25) is 0 Å². The van der Waals surface area contributed by atoms with Crippen LogP contribution < -0.4 is 14.8 Å². The van der Waals surface area contributed by atoms with Crippen molar-refractivity contribution < 1.29 is 14.3 Å². The van der Waals surface area contributed by atoms with E-state index in [1.807, 2.05) is 49.7 Å². The molecule has 0 radical (unpaired) electrons. The molecule has 1 amide bonds. The summed E-state index contributed by atoms with van der Waals surface area (Å²) in [6.07, 6.45) is 0. The van der Waals surface area contributed by atoms with E-state index in [1.54, 1.807) is 16.2 Å². The molecule has 6 heteroatoms. The van der Waals surface area contributed by atoms with E-state index < -0.39 is 0 Å². The maximum absolute atomic E-state index is 12.4. The second kappa shape index (κ2) is 6.91. The molecule has 5 nitrogen and oxygen atoms in total. The van der Waals surface area contributed by atoms with Crippen LogP contribution in [0, 0.1) is 0 Å². The number of ether oxygens (including phenoxy) is 2. The highest BCUT2D eigenvalue weighted by molar-refractivity contribution is 7.10. The SMILES string of the molecule is C[C@H](c1cccs1)N(C)C(=O)CNc1cccc2c1OCCO2. The first-order valence-electron chi connectivity index (χ1n) is 7.58. The average molecular weight is 332 g/mol. The second-order valence-electron chi connectivity index (χ2n) is 5.38. The molecular weight excluding hydrogens is 312 g/mol. The van der Waals surface area contributed by atoms with E-state index >= 15 is 0 Å². The minimum absolute atomic E-state index is 0.0280. The van der Waals surface area contributed by atoms with Crippen LogP contribution in [0.15, 0.2) is 35.7 Å². The summed E-state index contributed by atoms with van der Waals surface area (Å²) in [7, 11) is 1.83. The van der Waals surface area contributed by atoms with Crippen LogP contribution in [-0.4, -0.2) is 37.6 Å². The van der Waals surface area contributed by atoms with E-state index in [0.29, 0.717) is 24.7 Å². The van der Waals surface area contributed by atoms with E-state index in [9.17, 15) is 4.79 Å². The summed E-state index contributed by atoms with van der Waals surface area (Å²) in [6, 6.07) is 9.76. The fourth-order valence-electron chi connectivity index (χ4n) is 2.44. The second-order valence-corrected chi connectivity index (χ2v) is 6.36. The molecule has 1 atom stereocenters. The van der Waals surface area contributed by atoms with E-state index in [-0.39, 0.29) is 18.5 Å². The molecule has 0 spiro atoms. The summed E-state index contributed by atoms with van der Waals surface area (Å²) in [5.74, 6) is 1.43. The van der Waals surface area contributed by atoms with Gasteiger partial charge in [0.25, 0.3) is 0 Å². The van der Waals surface area contributed by atoms with Crippen molar-refractivity contribution in [3.05, 3.63) is 40.6 Å². The topological polar surface area (TPSA) is 50.8 Å². The number of amides is 1. The van der Waals surface area contributed by atoms with Gasteiger partial charge in [-0.3, -0.25) is 4.79 Å². The maximum Gasteiger partial charge on any atom is 0.242 e. The molecule has 0 fully saturated rings. The molecular formula is C17H20N2O3S. The number of anilines is 1. The molecule has 2 heterocycles. The number of hydrogen-bond donors (Lipinski definition) is 1. The summed E-state index contributed by atoms with van der Waals surface area (Å²) >= 11 is 1.66. The van der Waals surface area contributed by atoms with Gasteiger partial charge in [-0.05, 0) is 30.5 Å². The summed E-state index contributed by atoms with van der Waals surface area (Å²) in [4.78, 5) is 15.3. The molecule has 122 valence electrons. The van der Waals surface area contributed by atoms with Crippen LogP contribution in [0.3, 0.4) is 0 Å². The van der Waals surface area contributed by atoms with Crippen molar-refractivity contribution in [3.8, 4) is 11.5 Å². The molecule has 0 unspecified atom stereocenters. The lowest BCUT2D eigenvalue weighted by molar-refractivity contribution is -0.129. The monoisotopic (exact) mass is 332 g/mol. The molecule has 0 saturated carbocycles. The summed E-state index contributed by atoms with van der Waals surface area (Å²) in [5.41, 5.74) is 0.785. The fraction of sp³-hybridized carbons (Fsp3) is 0.353. The van der Waals surface area contributed by atoms with Crippen molar-refractivity contribution in [2.75, 3.05) is 32.1 Å². The molecule has 1 aliphatic rings. The number of likely N-dealkylation sites (N-methyl/N-ethyl adjacent to an activating group) is 1. The maximum atomic E-state index is 12.4. The highest BCUT2D eigenvalue weighted by atomic mass is 32.1. The van der Waals surface area contributed by atoms with Crippen LogP contribution in [-0.2, 0) is 4.79 Å². The van der Waals surface area contributed by atoms with Gasteiger partial charge >= 0.3 is 0 Å².